The molecule has 0 spiro atoms. The summed E-state index contributed by atoms with van der Waals surface area (Å²) in [6, 6.07) is 7.97. The number of aromatic nitrogens is 3. The molecule has 2 aromatic heterocycles. The molecule has 3 aromatic rings. The molecule has 9 nitrogen and oxygen atoms in total. The molecular formula is C34H43N5O4. The zero-order chi connectivity index (χ0) is 30.2. The molecule has 228 valence electrons. The van der Waals surface area contributed by atoms with Gasteiger partial charge in [-0.1, -0.05) is 26.0 Å². The van der Waals surface area contributed by atoms with Gasteiger partial charge in [-0.25, -0.2) is 9.67 Å². The Labute approximate surface area is 253 Å². The number of allylic oxidation sites excluding steroid dienone is 1. The predicted octanol–water partition coefficient (Wildman–Crippen LogP) is 5.34. The third-order valence-corrected chi connectivity index (χ3v) is 9.30. The van der Waals surface area contributed by atoms with E-state index in [1.165, 1.54) is 0 Å². The average Bonchev–Trinajstić information content (AvgIpc) is 3.34. The molecule has 2 aliphatic carbocycles. The van der Waals surface area contributed by atoms with Crippen molar-refractivity contribution in [3.8, 4) is 17.3 Å². The fraction of sp³-hybridized carbons (Fsp3) is 0.529. The molecule has 0 unspecified atom stereocenters. The molecule has 9 heteroatoms. The van der Waals surface area contributed by atoms with Gasteiger partial charge in [0.1, 0.15) is 17.6 Å². The first kappa shape index (κ1) is 29.2. The van der Waals surface area contributed by atoms with Gasteiger partial charge in [0, 0.05) is 42.8 Å². The van der Waals surface area contributed by atoms with Gasteiger partial charge in [0.15, 0.2) is 5.82 Å². The second kappa shape index (κ2) is 12.0. The summed E-state index contributed by atoms with van der Waals surface area (Å²) in [5.74, 6) is 1.89. The summed E-state index contributed by atoms with van der Waals surface area (Å²) < 4.78 is 14.1. The number of fused-ring (bicyclic) bond motifs is 3. The van der Waals surface area contributed by atoms with E-state index in [1.54, 1.807) is 11.8 Å². The van der Waals surface area contributed by atoms with E-state index in [-0.39, 0.29) is 29.9 Å². The quantitative estimate of drug-likeness (QED) is 0.406. The molecule has 3 aliphatic rings. The molecule has 43 heavy (non-hydrogen) atoms. The summed E-state index contributed by atoms with van der Waals surface area (Å²) in [4.78, 5) is 34.1. The minimum absolute atomic E-state index is 0.0322. The van der Waals surface area contributed by atoms with Crippen LogP contribution in [-0.4, -0.2) is 64.3 Å². The Balaban J connectivity index is 1.32. The number of carbonyl (C=O) groups is 2. The van der Waals surface area contributed by atoms with Crippen LogP contribution in [0.25, 0.3) is 16.7 Å². The highest BCUT2D eigenvalue weighted by atomic mass is 16.5. The molecule has 2 amide bonds. The van der Waals surface area contributed by atoms with E-state index in [4.69, 9.17) is 19.6 Å². The molecule has 6 rings (SSSR count). The summed E-state index contributed by atoms with van der Waals surface area (Å²) >= 11 is 0. The summed E-state index contributed by atoms with van der Waals surface area (Å²) in [6.45, 7) is 6.90. The highest BCUT2D eigenvalue weighted by Crippen LogP contribution is 2.41. The molecule has 3 heterocycles. The fourth-order valence-electron chi connectivity index (χ4n) is 6.56. The van der Waals surface area contributed by atoms with Crippen LogP contribution < -0.4 is 14.8 Å². The lowest BCUT2D eigenvalue weighted by molar-refractivity contribution is -0.139. The lowest BCUT2D eigenvalue weighted by Gasteiger charge is -2.24. The number of aryl methyl sites for hydroxylation is 1. The van der Waals surface area contributed by atoms with Crippen molar-refractivity contribution in [1.82, 2.24) is 25.0 Å². The van der Waals surface area contributed by atoms with Gasteiger partial charge in [-0.05, 0) is 75.5 Å². The van der Waals surface area contributed by atoms with Gasteiger partial charge in [0.25, 0.3) is 0 Å². The molecule has 0 radical (unpaired) electrons. The van der Waals surface area contributed by atoms with E-state index < -0.39 is 11.8 Å². The Bertz CT molecular complexity index is 1550. The van der Waals surface area contributed by atoms with E-state index in [9.17, 15) is 9.59 Å². The minimum atomic E-state index is -0.428. The van der Waals surface area contributed by atoms with Gasteiger partial charge in [0.2, 0.25) is 11.8 Å². The summed E-state index contributed by atoms with van der Waals surface area (Å²) in [7, 11) is 3.51. The molecule has 2 fully saturated rings. The highest BCUT2D eigenvalue weighted by molar-refractivity contribution is 5.91. The lowest BCUT2D eigenvalue weighted by Crippen LogP contribution is -2.41. The van der Waals surface area contributed by atoms with Gasteiger partial charge in [-0.15, -0.1) is 0 Å². The van der Waals surface area contributed by atoms with Crippen molar-refractivity contribution in [1.29, 1.82) is 0 Å². The van der Waals surface area contributed by atoms with Crippen LogP contribution in [0, 0.1) is 24.7 Å². The monoisotopic (exact) mass is 585 g/mol. The van der Waals surface area contributed by atoms with Crippen LogP contribution in [0.2, 0.25) is 0 Å². The molecule has 1 aliphatic heterocycles. The van der Waals surface area contributed by atoms with Crippen molar-refractivity contribution in [2.24, 2.45) is 17.8 Å². The Hall–Kier alpha value is -3.88. The lowest BCUT2D eigenvalue weighted by atomic mass is 9.93. The summed E-state index contributed by atoms with van der Waals surface area (Å²) in [6.07, 6.45) is 11.0. The Kier molecular flexibility index (Phi) is 8.16. The second-order valence-corrected chi connectivity index (χ2v) is 12.7. The molecule has 0 bridgehead atoms. The normalized spacial score (nSPS) is 26.9. The smallest absolute Gasteiger partial charge is 0.226 e. The highest BCUT2D eigenvalue weighted by Gasteiger charge is 2.47. The first-order chi connectivity index (χ1) is 20.7. The Morgan fingerprint density at radius 2 is 1.86 bits per heavy atom. The number of ether oxygens (including phenoxy) is 2. The zero-order valence-corrected chi connectivity index (χ0v) is 25.9. The van der Waals surface area contributed by atoms with E-state index >= 15 is 0 Å². The van der Waals surface area contributed by atoms with Crippen LogP contribution >= 0.6 is 0 Å². The number of methoxy groups -OCH3 is 1. The van der Waals surface area contributed by atoms with Crippen molar-refractivity contribution in [2.75, 3.05) is 20.7 Å². The van der Waals surface area contributed by atoms with Crippen molar-refractivity contribution < 1.29 is 19.1 Å². The molecule has 0 saturated heterocycles. The number of benzene rings is 1. The molecular weight excluding hydrogens is 542 g/mol. The van der Waals surface area contributed by atoms with E-state index in [0.29, 0.717) is 36.9 Å². The van der Waals surface area contributed by atoms with Crippen molar-refractivity contribution in [2.45, 2.75) is 77.4 Å². The van der Waals surface area contributed by atoms with Crippen LogP contribution in [0.3, 0.4) is 0 Å². The number of hydrogen-bond acceptors (Lipinski definition) is 6. The number of amides is 2. The van der Waals surface area contributed by atoms with E-state index in [0.717, 1.165) is 53.6 Å². The summed E-state index contributed by atoms with van der Waals surface area (Å²) in [5, 5.41) is 8.85. The molecule has 1 N–H and O–H groups in total. The van der Waals surface area contributed by atoms with Crippen molar-refractivity contribution in [3.63, 3.8) is 0 Å². The first-order valence-electron chi connectivity index (χ1n) is 15.7. The number of nitrogens with one attached hydrogen (secondary N) is 1. The maximum atomic E-state index is 13.7. The number of hydrogen-bond donors (Lipinski definition) is 1. The maximum absolute atomic E-state index is 13.7. The van der Waals surface area contributed by atoms with Crippen molar-refractivity contribution >= 4 is 22.7 Å². The number of rotatable bonds is 5. The van der Waals surface area contributed by atoms with Crippen LogP contribution in [0.1, 0.15) is 69.5 Å². The molecule has 5 atom stereocenters. The summed E-state index contributed by atoms with van der Waals surface area (Å²) in [5.41, 5.74) is 2.66. The molecule has 2 saturated carbocycles. The zero-order valence-electron chi connectivity index (χ0n) is 25.9. The maximum Gasteiger partial charge on any atom is 0.226 e. The molecule has 1 aromatic carbocycles. The third-order valence-electron chi connectivity index (χ3n) is 9.30. The van der Waals surface area contributed by atoms with Crippen LogP contribution in [0.15, 0.2) is 42.6 Å². The minimum Gasteiger partial charge on any atom is -0.496 e. The standard InChI is InChI=1S/C34H43N5O4/c1-20(2)27-13-15-39(37-27)31-19-30(24-11-12-29(42-5)21(3)32(24)36-31)43-23-17-25-26(18-23)34(41)38(4)14-9-7-6-8-10-22-16-28(22)35-33(25)40/h8,10-13,15,19-20,22-23,25-26,28H,6-7,9,14,16-18H2,1-5H3,(H,35,40)/b10-8-/t22-,23-,25-,26-,28+/m1/s1. The van der Waals surface area contributed by atoms with Crippen LogP contribution in [0.5, 0.6) is 11.5 Å². The Morgan fingerprint density at radius 3 is 2.63 bits per heavy atom. The van der Waals surface area contributed by atoms with Gasteiger partial charge in [-0.2, -0.15) is 5.10 Å². The van der Waals surface area contributed by atoms with Crippen molar-refractivity contribution in [3.05, 3.63) is 53.9 Å². The van der Waals surface area contributed by atoms with E-state index in [1.807, 2.05) is 49.3 Å². The van der Waals surface area contributed by atoms with Gasteiger partial charge >= 0.3 is 0 Å². The fourth-order valence-corrected chi connectivity index (χ4v) is 6.56. The predicted molar refractivity (Wildman–Crippen MR) is 166 cm³/mol. The topological polar surface area (TPSA) is 98.6 Å². The van der Waals surface area contributed by atoms with E-state index in [2.05, 4.69) is 31.3 Å². The second-order valence-electron chi connectivity index (χ2n) is 12.7. The number of nitrogens with zero attached hydrogens (tertiary/aromatic N) is 4. The largest absolute Gasteiger partial charge is 0.496 e. The van der Waals surface area contributed by atoms with Gasteiger partial charge in [0.05, 0.1) is 30.2 Å². The number of carbonyl (C=O) groups excluding carboxylic acids is 2. The number of pyridine rings is 1. The van der Waals surface area contributed by atoms with Crippen LogP contribution in [-0.2, 0) is 9.59 Å². The SMILES string of the molecule is COc1ccc2c(O[C@@H]3C[C@H]4C(=O)N[C@H]5C[C@H]5/C=C\CCCCN(C)C(=O)[C@@H]4C3)cc(-n3ccc(C(C)C)n3)nc2c1C. The average molecular weight is 586 g/mol. The Morgan fingerprint density at radius 1 is 1.05 bits per heavy atom. The van der Waals surface area contributed by atoms with Crippen LogP contribution in [0.4, 0.5) is 0 Å². The van der Waals surface area contributed by atoms with Gasteiger partial charge in [-0.3, -0.25) is 9.59 Å². The van der Waals surface area contributed by atoms with Gasteiger partial charge < -0.3 is 19.7 Å². The first-order valence-corrected chi connectivity index (χ1v) is 15.7. The third kappa shape index (κ3) is 5.99.